The number of piperazine rings is 1. The van der Waals surface area contributed by atoms with Gasteiger partial charge in [0.1, 0.15) is 36.7 Å². The maximum Gasteiger partial charge on any atom is 0.244 e. The molecule has 144 valence electrons. The molecule has 0 bridgehead atoms. The van der Waals surface area contributed by atoms with Crippen molar-refractivity contribution in [2.75, 3.05) is 49.1 Å². The van der Waals surface area contributed by atoms with E-state index in [-0.39, 0.29) is 12.5 Å². The Labute approximate surface area is 159 Å². The molecule has 0 aliphatic carbocycles. The van der Waals surface area contributed by atoms with Crippen molar-refractivity contribution >= 4 is 17.5 Å². The normalized spacial score (nSPS) is 18.0. The van der Waals surface area contributed by atoms with E-state index >= 15 is 0 Å². The summed E-state index contributed by atoms with van der Waals surface area (Å²) in [5.41, 5.74) is 0. The van der Waals surface area contributed by atoms with E-state index in [0.717, 1.165) is 43.6 Å². The maximum absolute atomic E-state index is 12.4. The number of hydrogen-bond donors (Lipinski definition) is 0. The first-order valence-electron chi connectivity index (χ1n) is 9.65. The van der Waals surface area contributed by atoms with Gasteiger partial charge in [-0.05, 0) is 26.2 Å². The summed E-state index contributed by atoms with van der Waals surface area (Å²) in [5.74, 6) is 2.87. The van der Waals surface area contributed by atoms with E-state index in [4.69, 9.17) is 0 Å². The minimum absolute atomic E-state index is 0.0769. The van der Waals surface area contributed by atoms with Gasteiger partial charge in [-0.25, -0.2) is 19.6 Å². The molecule has 9 nitrogen and oxygen atoms in total. The summed E-state index contributed by atoms with van der Waals surface area (Å²) in [6.45, 7) is 7.27. The summed E-state index contributed by atoms with van der Waals surface area (Å²) in [4.78, 5) is 32.1. The molecular weight excluding hydrogens is 344 g/mol. The molecule has 0 radical (unpaired) electrons. The quantitative estimate of drug-likeness (QED) is 0.784. The Kier molecular flexibility index (Phi) is 5.17. The number of rotatable bonds is 4. The zero-order valence-corrected chi connectivity index (χ0v) is 15.8. The van der Waals surface area contributed by atoms with Crippen LogP contribution in [-0.2, 0) is 11.3 Å². The SMILES string of the molecule is Cc1nc(N2CCCCC2)cc(N2CCN(C(=O)Cn3cncn3)CC2)n1. The van der Waals surface area contributed by atoms with Gasteiger partial charge in [0.25, 0.3) is 0 Å². The second-order valence-corrected chi connectivity index (χ2v) is 7.14. The first-order valence-corrected chi connectivity index (χ1v) is 9.65. The van der Waals surface area contributed by atoms with E-state index in [0.29, 0.717) is 13.1 Å². The van der Waals surface area contributed by atoms with E-state index in [1.54, 1.807) is 11.0 Å². The molecular formula is C18H26N8O. The lowest BCUT2D eigenvalue weighted by molar-refractivity contribution is -0.132. The summed E-state index contributed by atoms with van der Waals surface area (Å²) < 4.78 is 1.56. The van der Waals surface area contributed by atoms with Crippen molar-refractivity contribution < 1.29 is 4.79 Å². The Balaban J connectivity index is 1.39. The smallest absolute Gasteiger partial charge is 0.244 e. The van der Waals surface area contributed by atoms with Gasteiger partial charge in [-0.1, -0.05) is 0 Å². The van der Waals surface area contributed by atoms with Crippen LogP contribution in [-0.4, -0.2) is 74.8 Å². The number of carbonyl (C=O) groups excluding carboxylic acids is 1. The Morgan fingerprint density at radius 2 is 1.63 bits per heavy atom. The molecule has 0 saturated carbocycles. The molecule has 2 aliphatic rings. The molecule has 9 heteroatoms. The Morgan fingerprint density at radius 3 is 2.26 bits per heavy atom. The molecule has 27 heavy (non-hydrogen) atoms. The Bertz CT molecular complexity index is 764. The van der Waals surface area contributed by atoms with Crippen LogP contribution < -0.4 is 9.80 Å². The molecule has 2 aliphatic heterocycles. The molecule has 2 fully saturated rings. The standard InChI is InChI=1S/C18H26N8O/c1-15-21-16(23-5-3-2-4-6-23)11-17(22-15)24-7-9-25(10-8-24)18(27)12-26-14-19-13-20-26/h11,13-14H,2-10,12H2,1H3. The molecule has 4 rings (SSSR count). The monoisotopic (exact) mass is 370 g/mol. The average molecular weight is 370 g/mol. The minimum Gasteiger partial charge on any atom is -0.356 e. The molecule has 0 spiro atoms. The van der Waals surface area contributed by atoms with Gasteiger partial charge < -0.3 is 14.7 Å². The van der Waals surface area contributed by atoms with Gasteiger partial charge in [0.05, 0.1) is 0 Å². The van der Waals surface area contributed by atoms with Crippen LogP contribution >= 0.6 is 0 Å². The highest BCUT2D eigenvalue weighted by atomic mass is 16.2. The van der Waals surface area contributed by atoms with Gasteiger partial charge in [0, 0.05) is 45.3 Å². The number of amides is 1. The number of aryl methyl sites for hydroxylation is 1. The van der Waals surface area contributed by atoms with Crippen molar-refractivity contribution in [1.82, 2.24) is 29.6 Å². The van der Waals surface area contributed by atoms with Gasteiger partial charge in [-0.2, -0.15) is 5.10 Å². The zero-order chi connectivity index (χ0) is 18.6. The summed E-state index contributed by atoms with van der Waals surface area (Å²) in [6.07, 6.45) is 6.77. The molecule has 2 aromatic heterocycles. The fourth-order valence-corrected chi connectivity index (χ4v) is 3.72. The summed E-state index contributed by atoms with van der Waals surface area (Å²) in [6, 6.07) is 2.10. The third-order valence-corrected chi connectivity index (χ3v) is 5.21. The van der Waals surface area contributed by atoms with Crippen molar-refractivity contribution in [3.05, 3.63) is 24.5 Å². The van der Waals surface area contributed by atoms with Crippen LogP contribution in [0.5, 0.6) is 0 Å². The van der Waals surface area contributed by atoms with Crippen LogP contribution in [0.1, 0.15) is 25.1 Å². The first kappa shape index (κ1) is 17.7. The van der Waals surface area contributed by atoms with E-state index < -0.39 is 0 Å². The third-order valence-electron chi connectivity index (χ3n) is 5.21. The fourth-order valence-electron chi connectivity index (χ4n) is 3.72. The van der Waals surface area contributed by atoms with Crippen LogP contribution in [0.3, 0.4) is 0 Å². The molecule has 1 amide bonds. The number of carbonyl (C=O) groups is 1. The predicted molar refractivity (Wildman–Crippen MR) is 102 cm³/mol. The molecule has 4 heterocycles. The van der Waals surface area contributed by atoms with Crippen LogP contribution in [0.4, 0.5) is 11.6 Å². The highest BCUT2D eigenvalue weighted by Gasteiger charge is 2.23. The van der Waals surface area contributed by atoms with Crippen molar-refractivity contribution in [1.29, 1.82) is 0 Å². The first-order chi connectivity index (χ1) is 13.2. The molecule has 0 aromatic carbocycles. The number of anilines is 2. The second kappa shape index (κ2) is 7.89. The minimum atomic E-state index is 0.0769. The van der Waals surface area contributed by atoms with Crippen LogP contribution in [0.2, 0.25) is 0 Å². The lowest BCUT2D eigenvalue weighted by Crippen LogP contribution is -2.50. The zero-order valence-electron chi connectivity index (χ0n) is 15.8. The molecule has 0 atom stereocenters. The average Bonchev–Trinajstić information content (AvgIpc) is 3.21. The van der Waals surface area contributed by atoms with Gasteiger partial charge in [0.2, 0.25) is 5.91 Å². The lowest BCUT2D eigenvalue weighted by atomic mass is 10.1. The van der Waals surface area contributed by atoms with Gasteiger partial charge in [-0.3, -0.25) is 4.79 Å². The predicted octanol–water partition coefficient (Wildman–Crippen LogP) is 0.716. The summed E-state index contributed by atoms with van der Waals surface area (Å²) in [5, 5.41) is 4.00. The molecule has 2 aromatic rings. The van der Waals surface area contributed by atoms with Gasteiger partial charge >= 0.3 is 0 Å². The Hall–Kier alpha value is -2.71. The van der Waals surface area contributed by atoms with E-state index in [9.17, 15) is 4.79 Å². The largest absolute Gasteiger partial charge is 0.356 e. The highest BCUT2D eigenvalue weighted by Crippen LogP contribution is 2.23. The maximum atomic E-state index is 12.4. The van der Waals surface area contributed by atoms with Gasteiger partial charge in [0.15, 0.2) is 0 Å². The van der Waals surface area contributed by atoms with Gasteiger partial charge in [-0.15, -0.1) is 0 Å². The topological polar surface area (TPSA) is 83.3 Å². The second-order valence-electron chi connectivity index (χ2n) is 7.14. The van der Waals surface area contributed by atoms with Crippen molar-refractivity contribution in [3.63, 3.8) is 0 Å². The molecule has 2 saturated heterocycles. The van der Waals surface area contributed by atoms with E-state index in [1.165, 1.54) is 25.6 Å². The molecule has 0 N–H and O–H groups in total. The lowest BCUT2D eigenvalue weighted by Gasteiger charge is -2.36. The van der Waals surface area contributed by atoms with Crippen molar-refractivity contribution in [2.45, 2.75) is 32.7 Å². The van der Waals surface area contributed by atoms with Crippen LogP contribution in [0.15, 0.2) is 18.7 Å². The number of nitrogens with zero attached hydrogens (tertiary/aromatic N) is 8. The highest BCUT2D eigenvalue weighted by molar-refractivity contribution is 5.76. The van der Waals surface area contributed by atoms with Crippen LogP contribution in [0, 0.1) is 6.92 Å². The fraction of sp³-hybridized carbons (Fsp3) is 0.611. The summed E-state index contributed by atoms with van der Waals surface area (Å²) in [7, 11) is 0. The Morgan fingerprint density at radius 1 is 0.963 bits per heavy atom. The van der Waals surface area contributed by atoms with E-state index in [1.807, 2.05) is 11.8 Å². The number of aromatic nitrogens is 5. The third kappa shape index (κ3) is 4.17. The van der Waals surface area contributed by atoms with Crippen LogP contribution in [0.25, 0.3) is 0 Å². The van der Waals surface area contributed by atoms with Crippen molar-refractivity contribution in [2.24, 2.45) is 0 Å². The number of hydrogen-bond acceptors (Lipinski definition) is 7. The van der Waals surface area contributed by atoms with Crippen molar-refractivity contribution in [3.8, 4) is 0 Å². The molecule has 0 unspecified atom stereocenters. The summed E-state index contributed by atoms with van der Waals surface area (Å²) >= 11 is 0. The number of piperidine rings is 1. The van der Waals surface area contributed by atoms with E-state index in [2.05, 4.69) is 35.9 Å².